The summed E-state index contributed by atoms with van der Waals surface area (Å²) in [6.45, 7) is 1.86. The standard InChI is InChI=1S/C23H21Cl3N4O2/c1-13-20(23(32)28-12-27-22(31)15-3-2-4-15)29-30(19-10-9-17(25)11-18(19)26)21(13)14-5-7-16(24)8-6-14/h5-11,15H,2-4,12H2,1H3,(H,27,31)(H,28,32). The number of benzene rings is 2. The largest absolute Gasteiger partial charge is 0.338 e. The van der Waals surface area contributed by atoms with Gasteiger partial charge >= 0.3 is 0 Å². The summed E-state index contributed by atoms with van der Waals surface area (Å²) in [7, 11) is 0. The molecule has 6 nitrogen and oxygen atoms in total. The van der Waals surface area contributed by atoms with Gasteiger partial charge in [-0.3, -0.25) is 9.59 Å². The van der Waals surface area contributed by atoms with Gasteiger partial charge in [0.2, 0.25) is 5.91 Å². The minimum absolute atomic E-state index is 0.0337. The first kappa shape index (κ1) is 22.6. The molecular weight excluding hydrogens is 471 g/mol. The molecule has 9 heteroatoms. The lowest BCUT2D eigenvalue weighted by Crippen LogP contribution is -2.41. The van der Waals surface area contributed by atoms with Gasteiger partial charge in [-0.15, -0.1) is 0 Å². The van der Waals surface area contributed by atoms with E-state index >= 15 is 0 Å². The highest BCUT2D eigenvalue weighted by Gasteiger charge is 2.26. The normalized spacial score (nSPS) is 13.5. The van der Waals surface area contributed by atoms with Crippen molar-refractivity contribution in [3.8, 4) is 16.9 Å². The zero-order chi connectivity index (χ0) is 22.8. The fraction of sp³-hybridized carbons (Fsp3) is 0.261. The summed E-state index contributed by atoms with van der Waals surface area (Å²) in [6, 6.07) is 12.3. The molecule has 2 amide bonds. The molecule has 1 aliphatic rings. The van der Waals surface area contributed by atoms with Crippen molar-refractivity contribution in [2.75, 3.05) is 6.67 Å². The second-order valence-electron chi connectivity index (χ2n) is 7.69. The van der Waals surface area contributed by atoms with Crippen LogP contribution in [-0.2, 0) is 4.79 Å². The molecule has 1 saturated carbocycles. The molecule has 2 N–H and O–H groups in total. The number of hydrogen-bond donors (Lipinski definition) is 2. The van der Waals surface area contributed by atoms with Gasteiger partial charge in [0.05, 0.1) is 23.1 Å². The molecule has 0 unspecified atom stereocenters. The van der Waals surface area contributed by atoms with Gasteiger partial charge in [0.1, 0.15) is 0 Å². The molecule has 0 radical (unpaired) electrons. The van der Waals surface area contributed by atoms with Crippen LogP contribution in [0.5, 0.6) is 0 Å². The summed E-state index contributed by atoms with van der Waals surface area (Å²) in [4.78, 5) is 24.9. The molecule has 0 spiro atoms. The summed E-state index contributed by atoms with van der Waals surface area (Å²) < 4.78 is 1.62. The first-order valence-corrected chi connectivity index (χ1v) is 11.4. The monoisotopic (exact) mass is 490 g/mol. The van der Waals surface area contributed by atoms with E-state index in [0.717, 1.165) is 24.8 Å². The molecule has 1 heterocycles. The van der Waals surface area contributed by atoms with E-state index in [0.29, 0.717) is 32.0 Å². The van der Waals surface area contributed by atoms with Crippen LogP contribution in [0.3, 0.4) is 0 Å². The van der Waals surface area contributed by atoms with Crippen LogP contribution in [0.2, 0.25) is 15.1 Å². The summed E-state index contributed by atoms with van der Waals surface area (Å²) in [5.41, 5.74) is 3.01. The maximum absolute atomic E-state index is 12.9. The van der Waals surface area contributed by atoms with E-state index in [9.17, 15) is 9.59 Å². The van der Waals surface area contributed by atoms with E-state index in [4.69, 9.17) is 34.8 Å². The Morgan fingerprint density at radius 3 is 2.34 bits per heavy atom. The van der Waals surface area contributed by atoms with Crippen LogP contribution >= 0.6 is 34.8 Å². The van der Waals surface area contributed by atoms with Crippen LogP contribution in [0.15, 0.2) is 42.5 Å². The van der Waals surface area contributed by atoms with Crippen molar-refractivity contribution in [1.29, 1.82) is 0 Å². The van der Waals surface area contributed by atoms with Crippen molar-refractivity contribution in [3.05, 3.63) is 68.8 Å². The molecule has 4 rings (SSSR count). The molecule has 166 valence electrons. The molecule has 2 aromatic carbocycles. The van der Waals surface area contributed by atoms with Crippen molar-refractivity contribution < 1.29 is 9.59 Å². The molecular formula is C23H21Cl3N4O2. The minimum atomic E-state index is -0.393. The van der Waals surface area contributed by atoms with E-state index in [1.54, 1.807) is 35.0 Å². The Hall–Kier alpha value is -2.54. The van der Waals surface area contributed by atoms with Crippen LogP contribution in [0, 0.1) is 12.8 Å². The average Bonchev–Trinajstić information content (AvgIpc) is 3.04. The number of halogens is 3. The lowest BCUT2D eigenvalue weighted by molar-refractivity contribution is -0.127. The Kier molecular flexibility index (Phi) is 6.74. The average molecular weight is 492 g/mol. The molecule has 32 heavy (non-hydrogen) atoms. The quantitative estimate of drug-likeness (QED) is 0.453. The van der Waals surface area contributed by atoms with Crippen molar-refractivity contribution in [1.82, 2.24) is 20.4 Å². The number of rotatable bonds is 6. The van der Waals surface area contributed by atoms with E-state index < -0.39 is 5.91 Å². The Balaban J connectivity index is 1.66. The molecule has 0 bridgehead atoms. The van der Waals surface area contributed by atoms with Gasteiger partial charge in [-0.1, -0.05) is 53.4 Å². The Labute approximate surface area is 200 Å². The molecule has 0 atom stereocenters. The third kappa shape index (κ3) is 4.63. The van der Waals surface area contributed by atoms with Crippen molar-refractivity contribution in [3.63, 3.8) is 0 Å². The predicted molar refractivity (Wildman–Crippen MR) is 127 cm³/mol. The van der Waals surface area contributed by atoms with Crippen molar-refractivity contribution >= 4 is 46.6 Å². The summed E-state index contributed by atoms with van der Waals surface area (Å²) in [6.07, 6.45) is 2.87. The van der Waals surface area contributed by atoms with Gasteiger partial charge in [0.15, 0.2) is 5.69 Å². The predicted octanol–water partition coefficient (Wildman–Crippen LogP) is 5.41. The highest BCUT2D eigenvalue weighted by molar-refractivity contribution is 6.35. The van der Waals surface area contributed by atoms with Gasteiger partial charge in [0, 0.05) is 27.1 Å². The van der Waals surface area contributed by atoms with Gasteiger partial charge < -0.3 is 10.6 Å². The third-order valence-electron chi connectivity index (χ3n) is 5.58. The number of nitrogens with one attached hydrogen (secondary N) is 2. The molecule has 1 aromatic heterocycles. The maximum atomic E-state index is 12.9. The SMILES string of the molecule is Cc1c(C(=O)NCNC(=O)C2CCC2)nn(-c2ccc(Cl)cc2Cl)c1-c1ccc(Cl)cc1. The third-order valence-corrected chi connectivity index (χ3v) is 6.37. The molecule has 0 aliphatic heterocycles. The number of hydrogen-bond acceptors (Lipinski definition) is 3. The molecule has 1 fully saturated rings. The lowest BCUT2D eigenvalue weighted by Gasteiger charge is -2.24. The Morgan fingerprint density at radius 1 is 1.03 bits per heavy atom. The number of aromatic nitrogens is 2. The van der Waals surface area contributed by atoms with Gasteiger partial charge in [-0.2, -0.15) is 5.10 Å². The fourth-order valence-corrected chi connectivity index (χ4v) is 4.21. The summed E-state index contributed by atoms with van der Waals surface area (Å²) in [5.74, 6) is -0.375. The van der Waals surface area contributed by atoms with E-state index in [-0.39, 0.29) is 24.2 Å². The topological polar surface area (TPSA) is 76.0 Å². The van der Waals surface area contributed by atoms with Gasteiger partial charge in [0.25, 0.3) is 5.91 Å². The number of carbonyl (C=O) groups is 2. The van der Waals surface area contributed by atoms with Gasteiger partial charge in [-0.25, -0.2) is 4.68 Å². The molecule has 3 aromatic rings. The Bertz CT molecular complexity index is 1170. The Morgan fingerprint density at radius 2 is 1.72 bits per heavy atom. The molecule has 1 aliphatic carbocycles. The zero-order valence-corrected chi connectivity index (χ0v) is 19.6. The maximum Gasteiger partial charge on any atom is 0.273 e. The highest BCUT2D eigenvalue weighted by Crippen LogP contribution is 2.33. The lowest BCUT2D eigenvalue weighted by atomic mass is 9.85. The number of nitrogens with zero attached hydrogens (tertiary/aromatic N) is 2. The van der Waals surface area contributed by atoms with Crippen molar-refractivity contribution in [2.45, 2.75) is 26.2 Å². The number of amides is 2. The minimum Gasteiger partial charge on any atom is -0.338 e. The second kappa shape index (κ2) is 9.53. The fourth-order valence-electron chi connectivity index (χ4n) is 3.60. The molecule has 0 saturated heterocycles. The van der Waals surface area contributed by atoms with Crippen LogP contribution in [0.25, 0.3) is 16.9 Å². The first-order valence-electron chi connectivity index (χ1n) is 10.2. The van der Waals surface area contributed by atoms with Crippen molar-refractivity contribution in [2.24, 2.45) is 5.92 Å². The van der Waals surface area contributed by atoms with E-state index in [1.807, 2.05) is 19.1 Å². The number of carbonyl (C=O) groups excluding carboxylic acids is 2. The second-order valence-corrected chi connectivity index (χ2v) is 8.97. The van der Waals surface area contributed by atoms with E-state index in [2.05, 4.69) is 15.7 Å². The summed E-state index contributed by atoms with van der Waals surface area (Å²) in [5, 5.41) is 11.5. The highest BCUT2D eigenvalue weighted by atomic mass is 35.5. The van der Waals surface area contributed by atoms with Crippen LogP contribution in [-0.4, -0.2) is 28.3 Å². The van der Waals surface area contributed by atoms with E-state index in [1.165, 1.54) is 0 Å². The van der Waals surface area contributed by atoms with Crippen LogP contribution in [0.1, 0.15) is 35.3 Å². The van der Waals surface area contributed by atoms with Crippen LogP contribution < -0.4 is 10.6 Å². The van der Waals surface area contributed by atoms with Gasteiger partial charge in [-0.05, 0) is 50.1 Å². The summed E-state index contributed by atoms with van der Waals surface area (Å²) >= 11 is 18.6. The first-order chi connectivity index (χ1) is 15.3. The zero-order valence-electron chi connectivity index (χ0n) is 17.3. The smallest absolute Gasteiger partial charge is 0.273 e. The van der Waals surface area contributed by atoms with Crippen LogP contribution in [0.4, 0.5) is 0 Å².